The van der Waals surface area contributed by atoms with Crippen LogP contribution in [0.15, 0.2) is 24.4 Å². The lowest BCUT2D eigenvalue weighted by Gasteiger charge is -2.22. The zero-order valence-electron chi connectivity index (χ0n) is 20.5. The van der Waals surface area contributed by atoms with E-state index >= 15 is 0 Å². The van der Waals surface area contributed by atoms with E-state index < -0.39 is 11.9 Å². The fourth-order valence-electron chi connectivity index (χ4n) is 3.87. The number of hydrogen-bond acceptors (Lipinski definition) is 8. The average molecular weight is 484 g/mol. The highest BCUT2D eigenvalue weighted by Gasteiger charge is 2.21. The van der Waals surface area contributed by atoms with Crippen molar-refractivity contribution in [1.82, 2.24) is 19.5 Å². The van der Waals surface area contributed by atoms with Crippen molar-refractivity contribution in [2.75, 3.05) is 27.9 Å². The molecule has 0 aliphatic rings. The molecule has 2 N–H and O–H groups in total. The maximum Gasteiger partial charge on any atom is 0.325 e. The summed E-state index contributed by atoms with van der Waals surface area (Å²) in [6, 6.07) is 5.28. The van der Waals surface area contributed by atoms with Gasteiger partial charge in [0, 0.05) is 30.4 Å². The minimum atomic E-state index is -0.609. The summed E-state index contributed by atoms with van der Waals surface area (Å²) >= 11 is 0. The highest BCUT2D eigenvalue weighted by molar-refractivity contribution is 5.98. The fraction of sp³-hybridized carbons (Fsp3) is 0.375. The van der Waals surface area contributed by atoms with Crippen molar-refractivity contribution in [2.45, 2.75) is 33.2 Å². The van der Waals surface area contributed by atoms with Crippen molar-refractivity contribution in [3.63, 3.8) is 0 Å². The van der Waals surface area contributed by atoms with Crippen LogP contribution < -0.4 is 15.2 Å². The Kier molecular flexibility index (Phi) is 7.90. The van der Waals surface area contributed by atoms with E-state index in [2.05, 4.69) is 10.1 Å². The Balaban J connectivity index is 1.84. The molecule has 0 unspecified atom stereocenters. The summed E-state index contributed by atoms with van der Waals surface area (Å²) in [5, 5.41) is 4.22. The monoisotopic (exact) mass is 483 g/mol. The molecule has 0 spiro atoms. The third kappa shape index (κ3) is 5.68. The number of carbonyl (C=O) groups is 3. The number of nitrogens with zero attached hydrogens (tertiary/aromatic N) is 4. The van der Waals surface area contributed by atoms with Crippen LogP contribution in [0.4, 0.5) is 0 Å². The lowest BCUT2D eigenvalue weighted by Crippen LogP contribution is -2.36. The lowest BCUT2D eigenvalue weighted by atomic mass is 10.1. The van der Waals surface area contributed by atoms with Crippen LogP contribution in [-0.4, -0.2) is 65.2 Å². The van der Waals surface area contributed by atoms with Crippen molar-refractivity contribution >= 4 is 23.4 Å². The van der Waals surface area contributed by atoms with Gasteiger partial charge in [-0.25, -0.2) is 9.50 Å². The van der Waals surface area contributed by atoms with Crippen molar-refractivity contribution < 1.29 is 28.6 Å². The Bertz CT molecular complexity index is 1250. The van der Waals surface area contributed by atoms with Gasteiger partial charge < -0.3 is 24.8 Å². The second-order valence-electron chi connectivity index (χ2n) is 7.97. The SMILES string of the molecule is COC(=O)CN(Cc1cc(OC)cc(OC)c1)C(=O)CCc1c(C)nc2c(C(N)=O)cnn2c1C. The van der Waals surface area contributed by atoms with Gasteiger partial charge >= 0.3 is 5.97 Å². The van der Waals surface area contributed by atoms with Crippen molar-refractivity contribution in [1.29, 1.82) is 0 Å². The maximum absolute atomic E-state index is 13.2. The van der Waals surface area contributed by atoms with Crippen LogP contribution in [0.1, 0.15) is 39.3 Å². The smallest absolute Gasteiger partial charge is 0.325 e. The second-order valence-corrected chi connectivity index (χ2v) is 7.97. The number of benzene rings is 1. The largest absolute Gasteiger partial charge is 0.497 e. The van der Waals surface area contributed by atoms with E-state index in [1.807, 2.05) is 6.92 Å². The van der Waals surface area contributed by atoms with E-state index in [1.54, 1.807) is 29.6 Å². The maximum atomic E-state index is 13.2. The molecule has 0 fully saturated rings. The molecule has 2 aromatic heterocycles. The molecular formula is C24H29N5O6. The number of methoxy groups -OCH3 is 3. The molecule has 0 aliphatic heterocycles. The van der Waals surface area contributed by atoms with E-state index in [9.17, 15) is 14.4 Å². The van der Waals surface area contributed by atoms with E-state index in [-0.39, 0.29) is 31.0 Å². The third-order valence-electron chi connectivity index (χ3n) is 5.75. The molecule has 3 rings (SSSR count). The molecule has 11 heteroatoms. The number of carbonyl (C=O) groups excluding carboxylic acids is 3. The molecule has 0 saturated heterocycles. The first kappa shape index (κ1) is 25.5. The van der Waals surface area contributed by atoms with Gasteiger partial charge in [-0.1, -0.05) is 0 Å². The Labute approximate surface area is 202 Å². The van der Waals surface area contributed by atoms with Gasteiger partial charge in [-0.05, 0) is 43.5 Å². The number of hydrogen-bond donors (Lipinski definition) is 1. The molecular weight excluding hydrogens is 454 g/mol. The molecule has 186 valence electrons. The predicted octanol–water partition coefficient (Wildman–Crippen LogP) is 1.60. The summed E-state index contributed by atoms with van der Waals surface area (Å²) in [7, 11) is 4.35. The lowest BCUT2D eigenvalue weighted by molar-refractivity contribution is -0.147. The van der Waals surface area contributed by atoms with Crippen LogP contribution in [0, 0.1) is 13.8 Å². The van der Waals surface area contributed by atoms with Gasteiger partial charge in [-0.15, -0.1) is 0 Å². The van der Waals surface area contributed by atoms with Crippen molar-refractivity contribution in [3.8, 4) is 11.5 Å². The predicted molar refractivity (Wildman–Crippen MR) is 126 cm³/mol. The average Bonchev–Trinajstić information content (AvgIpc) is 3.27. The molecule has 3 aromatic rings. The molecule has 2 heterocycles. The number of nitrogens with two attached hydrogens (primary N) is 1. The molecule has 2 amide bonds. The normalized spacial score (nSPS) is 10.8. The Morgan fingerprint density at radius 2 is 1.71 bits per heavy atom. The van der Waals surface area contributed by atoms with Gasteiger partial charge in [0.05, 0.1) is 27.5 Å². The van der Waals surface area contributed by atoms with Crippen molar-refractivity contribution in [3.05, 3.63) is 52.5 Å². The summed E-state index contributed by atoms with van der Waals surface area (Å²) < 4.78 is 16.9. The van der Waals surface area contributed by atoms with E-state index in [0.29, 0.717) is 29.3 Å². The first-order valence-corrected chi connectivity index (χ1v) is 10.9. The van der Waals surface area contributed by atoms with Gasteiger partial charge in [0.2, 0.25) is 5.91 Å². The zero-order valence-corrected chi connectivity index (χ0v) is 20.5. The number of esters is 1. The molecule has 0 bridgehead atoms. The molecule has 35 heavy (non-hydrogen) atoms. The topological polar surface area (TPSA) is 138 Å². The van der Waals surface area contributed by atoms with Gasteiger partial charge in [0.15, 0.2) is 5.65 Å². The number of aromatic nitrogens is 3. The summed E-state index contributed by atoms with van der Waals surface area (Å²) in [5.41, 5.74) is 9.01. The van der Waals surface area contributed by atoms with Crippen LogP contribution in [0.2, 0.25) is 0 Å². The molecule has 0 saturated carbocycles. The van der Waals surface area contributed by atoms with Crippen LogP contribution in [0.5, 0.6) is 11.5 Å². The zero-order chi connectivity index (χ0) is 25.7. The van der Waals surface area contributed by atoms with E-state index in [1.165, 1.54) is 32.4 Å². The standard InChI is InChI=1S/C24H29N5O6/c1-14-19(15(2)29-24(27-14)20(11-26-29)23(25)32)6-7-21(30)28(13-22(31)35-5)12-16-8-17(33-3)10-18(9-16)34-4/h8-11H,6-7,12-13H2,1-5H3,(H2,25,32). The summed E-state index contributed by atoms with van der Waals surface area (Å²) in [4.78, 5) is 42.8. The minimum Gasteiger partial charge on any atom is -0.497 e. The summed E-state index contributed by atoms with van der Waals surface area (Å²) in [6.45, 7) is 3.61. The molecule has 0 atom stereocenters. The van der Waals surface area contributed by atoms with Gasteiger partial charge in [0.25, 0.3) is 5.91 Å². The number of aryl methyl sites for hydroxylation is 2. The van der Waals surface area contributed by atoms with E-state index in [4.69, 9.17) is 19.9 Å². The fourth-order valence-corrected chi connectivity index (χ4v) is 3.87. The van der Waals surface area contributed by atoms with Gasteiger partial charge in [-0.3, -0.25) is 14.4 Å². The minimum absolute atomic E-state index is 0.122. The number of fused-ring (bicyclic) bond motifs is 1. The molecule has 11 nitrogen and oxygen atoms in total. The first-order chi connectivity index (χ1) is 16.7. The molecule has 0 radical (unpaired) electrons. The van der Waals surface area contributed by atoms with Crippen LogP contribution >= 0.6 is 0 Å². The number of amides is 2. The molecule has 0 aliphatic carbocycles. The Morgan fingerprint density at radius 3 is 2.29 bits per heavy atom. The Morgan fingerprint density at radius 1 is 1.06 bits per heavy atom. The summed E-state index contributed by atoms with van der Waals surface area (Å²) in [6.07, 6.45) is 1.87. The molecule has 1 aromatic carbocycles. The highest BCUT2D eigenvalue weighted by Crippen LogP contribution is 2.24. The van der Waals surface area contributed by atoms with Crippen LogP contribution in [-0.2, 0) is 27.3 Å². The third-order valence-corrected chi connectivity index (χ3v) is 5.75. The Hall–Kier alpha value is -4.15. The number of primary amides is 1. The number of ether oxygens (including phenoxy) is 3. The highest BCUT2D eigenvalue weighted by atomic mass is 16.5. The second kappa shape index (κ2) is 10.9. The van der Waals surface area contributed by atoms with Gasteiger partial charge in [0.1, 0.15) is 23.6 Å². The first-order valence-electron chi connectivity index (χ1n) is 10.9. The quantitative estimate of drug-likeness (QED) is 0.429. The van der Waals surface area contributed by atoms with Crippen LogP contribution in [0.25, 0.3) is 5.65 Å². The van der Waals surface area contributed by atoms with Crippen molar-refractivity contribution in [2.24, 2.45) is 5.73 Å². The number of rotatable bonds is 10. The summed E-state index contributed by atoms with van der Waals surface area (Å²) in [5.74, 6) is -0.231. The van der Waals surface area contributed by atoms with Crippen LogP contribution in [0.3, 0.4) is 0 Å². The van der Waals surface area contributed by atoms with E-state index in [0.717, 1.165) is 16.8 Å². The van der Waals surface area contributed by atoms with Gasteiger partial charge in [-0.2, -0.15) is 5.10 Å².